The van der Waals surface area contributed by atoms with Crippen LogP contribution >= 0.6 is 11.8 Å². The Kier molecular flexibility index (Phi) is 8.64. The van der Waals surface area contributed by atoms with Gasteiger partial charge < -0.3 is 15.3 Å². The average molecular weight is 350 g/mol. The Labute approximate surface area is 145 Å². The van der Waals surface area contributed by atoms with Gasteiger partial charge in [-0.05, 0) is 12.5 Å². The number of carboxylic acid groups (broad SMARTS) is 1. The van der Waals surface area contributed by atoms with Crippen LogP contribution in [-0.2, 0) is 9.59 Å². The lowest BCUT2D eigenvalue weighted by Crippen LogP contribution is -2.47. The normalized spacial score (nSPS) is 11.9. The third-order valence-corrected chi connectivity index (χ3v) is 3.89. The van der Waals surface area contributed by atoms with Crippen LogP contribution in [0, 0.1) is 0 Å². The average Bonchev–Trinajstić information content (AvgIpc) is 2.53. The highest BCUT2D eigenvalue weighted by molar-refractivity contribution is 8.13. The lowest BCUT2D eigenvalue weighted by atomic mass is 10.2. The zero-order valence-electron chi connectivity index (χ0n) is 13.8. The minimum absolute atomic E-state index is 0.0194. The van der Waals surface area contributed by atoms with Gasteiger partial charge in [0.2, 0.25) is 0 Å². The molecular formula is C17H22N2O4S. The van der Waals surface area contributed by atoms with E-state index in [0.717, 1.165) is 17.3 Å². The number of aliphatic carboxylic acids is 1. The van der Waals surface area contributed by atoms with Crippen molar-refractivity contribution in [1.82, 2.24) is 10.2 Å². The molecule has 0 radical (unpaired) electrons. The van der Waals surface area contributed by atoms with Crippen molar-refractivity contribution in [3.05, 3.63) is 42.0 Å². The largest absolute Gasteiger partial charge is 0.480 e. The van der Waals surface area contributed by atoms with Crippen molar-refractivity contribution in [3.63, 3.8) is 0 Å². The second kappa shape index (κ2) is 10.5. The van der Waals surface area contributed by atoms with Crippen LogP contribution in [0.25, 0.3) is 6.08 Å². The zero-order valence-corrected chi connectivity index (χ0v) is 14.6. The van der Waals surface area contributed by atoms with Gasteiger partial charge in [-0.25, -0.2) is 4.79 Å². The van der Waals surface area contributed by atoms with Crippen molar-refractivity contribution in [2.24, 2.45) is 0 Å². The Morgan fingerprint density at radius 2 is 1.96 bits per heavy atom. The summed E-state index contributed by atoms with van der Waals surface area (Å²) < 4.78 is 0. The van der Waals surface area contributed by atoms with Crippen LogP contribution in [0.3, 0.4) is 0 Å². The lowest BCUT2D eigenvalue weighted by Gasteiger charge is -2.22. The van der Waals surface area contributed by atoms with Crippen LogP contribution in [0.2, 0.25) is 0 Å². The van der Waals surface area contributed by atoms with E-state index in [1.54, 1.807) is 0 Å². The maximum absolute atomic E-state index is 12.2. The van der Waals surface area contributed by atoms with Gasteiger partial charge in [0, 0.05) is 25.8 Å². The van der Waals surface area contributed by atoms with E-state index in [9.17, 15) is 14.4 Å². The Morgan fingerprint density at radius 3 is 2.54 bits per heavy atom. The molecule has 0 fully saturated rings. The highest BCUT2D eigenvalue weighted by Crippen LogP contribution is 2.05. The van der Waals surface area contributed by atoms with E-state index >= 15 is 0 Å². The van der Waals surface area contributed by atoms with Gasteiger partial charge in [0.25, 0.3) is 0 Å². The van der Waals surface area contributed by atoms with Gasteiger partial charge in [-0.3, -0.25) is 9.59 Å². The molecule has 0 aliphatic heterocycles. The number of hydrogen-bond acceptors (Lipinski definition) is 4. The molecule has 2 amide bonds. The third-order valence-electron chi connectivity index (χ3n) is 3.10. The van der Waals surface area contributed by atoms with Crippen LogP contribution in [0.4, 0.5) is 4.79 Å². The fraction of sp³-hybridized carbons (Fsp3) is 0.353. The van der Waals surface area contributed by atoms with E-state index in [-0.39, 0.29) is 5.12 Å². The Bertz CT molecular complexity index is 590. The number of thioether (sulfide) groups is 1. The number of nitrogens with one attached hydrogen (secondary N) is 1. The van der Waals surface area contributed by atoms with Crippen LogP contribution in [0.1, 0.15) is 19.4 Å². The summed E-state index contributed by atoms with van der Waals surface area (Å²) in [6, 6.07) is 8.21. The van der Waals surface area contributed by atoms with Crippen LogP contribution in [0.5, 0.6) is 0 Å². The standard InChI is InChI=1S/C17H22N2O4S/c1-13(16(21)22)18-17(23)19(11-12-24-14(2)20)10-6-9-15-7-4-3-5-8-15/h3-9,13H,10-12H2,1-2H3,(H,18,23)(H,21,22). The molecule has 1 atom stereocenters. The van der Waals surface area contributed by atoms with Crippen LogP contribution < -0.4 is 5.32 Å². The second-order valence-corrected chi connectivity index (χ2v) is 6.38. The van der Waals surface area contributed by atoms with Crippen LogP contribution in [-0.4, -0.2) is 52.0 Å². The predicted octanol–water partition coefficient (Wildman–Crippen LogP) is 2.46. The van der Waals surface area contributed by atoms with Crippen molar-refractivity contribution in [2.75, 3.05) is 18.8 Å². The van der Waals surface area contributed by atoms with Gasteiger partial charge in [0.15, 0.2) is 5.12 Å². The van der Waals surface area contributed by atoms with Crippen LogP contribution in [0.15, 0.2) is 36.4 Å². The van der Waals surface area contributed by atoms with Crippen molar-refractivity contribution in [2.45, 2.75) is 19.9 Å². The van der Waals surface area contributed by atoms with Gasteiger partial charge in [0.05, 0.1) is 0 Å². The first-order valence-corrected chi connectivity index (χ1v) is 8.52. The molecule has 0 bridgehead atoms. The minimum Gasteiger partial charge on any atom is -0.480 e. The molecule has 2 N–H and O–H groups in total. The van der Waals surface area contributed by atoms with E-state index in [2.05, 4.69) is 5.32 Å². The maximum atomic E-state index is 12.2. The molecule has 0 spiro atoms. The molecular weight excluding hydrogens is 328 g/mol. The summed E-state index contributed by atoms with van der Waals surface area (Å²) in [4.78, 5) is 35.6. The number of nitrogens with zero attached hydrogens (tertiary/aromatic N) is 1. The molecule has 0 heterocycles. The highest BCUT2D eigenvalue weighted by Gasteiger charge is 2.18. The molecule has 0 aliphatic rings. The van der Waals surface area contributed by atoms with E-state index in [1.807, 2.05) is 42.5 Å². The lowest BCUT2D eigenvalue weighted by molar-refractivity contribution is -0.138. The number of benzene rings is 1. The summed E-state index contributed by atoms with van der Waals surface area (Å²) in [6.07, 6.45) is 3.72. The molecule has 1 rings (SSSR count). The first-order valence-electron chi connectivity index (χ1n) is 7.53. The molecule has 24 heavy (non-hydrogen) atoms. The molecule has 7 heteroatoms. The smallest absolute Gasteiger partial charge is 0.325 e. The molecule has 1 aromatic rings. The zero-order chi connectivity index (χ0) is 17.9. The molecule has 0 aromatic heterocycles. The molecule has 0 aliphatic carbocycles. The predicted molar refractivity (Wildman–Crippen MR) is 95.8 cm³/mol. The summed E-state index contributed by atoms with van der Waals surface area (Å²) in [5.41, 5.74) is 1.01. The number of rotatable bonds is 8. The molecule has 130 valence electrons. The minimum atomic E-state index is -1.10. The first kappa shape index (κ1) is 19.8. The third kappa shape index (κ3) is 7.82. The van der Waals surface area contributed by atoms with Gasteiger partial charge in [-0.1, -0.05) is 54.2 Å². The van der Waals surface area contributed by atoms with E-state index in [0.29, 0.717) is 18.8 Å². The molecule has 1 aromatic carbocycles. The van der Waals surface area contributed by atoms with Gasteiger partial charge in [0.1, 0.15) is 6.04 Å². The van der Waals surface area contributed by atoms with Crippen molar-refractivity contribution in [1.29, 1.82) is 0 Å². The summed E-state index contributed by atoms with van der Waals surface area (Å²) in [5, 5.41) is 11.3. The van der Waals surface area contributed by atoms with E-state index in [1.165, 1.54) is 18.7 Å². The quantitative estimate of drug-likeness (QED) is 0.752. The monoisotopic (exact) mass is 350 g/mol. The molecule has 6 nitrogen and oxygen atoms in total. The fourth-order valence-electron chi connectivity index (χ4n) is 1.79. The molecule has 1 unspecified atom stereocenters. The van der Waals surface area contributed by atoms with Gasteiger partial charge in [-0.15, -0.1) is 0 Å². The number of carbonyl (C=O) groups is 3. The Morgan fingerprint density at radius 1 is 1.29 bits per heavy atom. The van der Waals surface area contributed by atoms with Crippen molar-refractivity contribution < 1.29 is 19.5 Å². The summed E-state index contributed by atoms with van der Waals surface area (Å²) >= 11 is 1.13. The Hall–Kier alpha value is -2.28. The Balaban J connectivity index is 2.65. The number of amides is 2. The number of urea groups is 1. The SMILES string of the molecule is CC(=O)SCCN(CC=Cc1ccccc1)C(=O)NC(C)C(=O)O. The molecule has 0 saturated carbocycles. The molecule has 0 saturated heterocycles. The second-order valence-electron chi connectivity index (χ2n) is 5.11. The topological polar surface area (TPSA) is 86.7 Å². The number of hydrogen-bond donors (Lipinski definition) is 2. The maximum Gasteiger partial charge on any atom is 0.325 e. The van der Waals surface area contributed by atoms with Gasteiger partial charge >= 0.3 is 12.0 Å². The number of carbonyl (C=O) groups excluding carboxylic acids is 2. The first-order chi connectivity index (χ1) is 11.4. The fourth-order valence-corrected chi connectivity index (χ4v) is 2.39. The number of carboxylic acids is 1. The van der Waals surface area contributed by atoms with Crippen molar-refractivity contribution >= 4 is 35.0 Å². The van der Waals surface area contributed by atoms with E-state index < -0.39 is 18.0 Å². The highest BCUT2D eigenvalue weighted by atomic mass is 32.2. The van der Waals surface area contributed by atoms with E-state index in [4.69, 9.17) is 5.11 Å². The summed E-state index contributed by atoms with van der Waals surface area (Å²) in [6.45, 7) is 3.55. The van der Waals surface area contributed by atoms with Gasteiger partial charge in [-0.2, -0.15) is 0 Å². The summed E-state index contributed by atoms with van der Waals surface area (Å²) in [7, 11) is 0. The van der Waals surface area contributed by atoms with Crippen molar-refractivity contribution in [3.8, 4) is 0 Å². The summed E-state index contributed by atoms with van der Waals surface area (Å²) in [5.74, 6) is -0.634.